The Balaban J connectivity index is 0.000000140. The van der Waals surface area contributed by atoms with Gasteiger partial charge in [0.1, 0.15) is 10.7 Å². The van der Waals surface area contributed by atoms with Crippen molar-refractivity contribution in [3.8, 4) is 0 Å². The van der Waals surface area contributed by atoms with Gasteiger partial charge in [-0.2, -0.15) is 24.8 Å². The zero-order valence-electron chi connectivity index (χ0n) is 82.2. The number of benzene rings is 7. The first-order valence-electron chi connectivity index (χ1n) is 44.7. The monoisotopic (exact) mass is 1800 g/mol. The number of azo groups is 1. The van der Waals surface area contributed by atoms with Crippen molar-refractivity contribution in [1.29, 1.82) is 0 Å². The maximum absolute atomic E-state index is 5.10. The number of thiazole rings is 1. The number of allylic oxidation sites excluding steroid dienone is 2. The zero-order valence-corrected chi connectivity index (χ0v) is 84.6. The molecule has 20 rings (SSSR count). The van der Waals surface area contributed by atoms with Crippen LogP contribution in [0.3, 0.4) is 0 Å². The van der Waals surface area contributed by atoms with Crippen LogP contribution in [0, 0.1) is 5.41 Å². The van der Waals surface area contributed by atoms with Crippen molar-refractivity contribution in [1.82, 2.24) is 75.0 Å². The van der Waals surface area contributed by atoms with E-state index in [1.54, 1.807) is 59.0 Å². The standard InChI is InChI=1S/C12H14N2.C12H15N.2C11H14N2.C11H13NO.2C11H13NS.C10H15N3.C10H13N3.C9H12N2S/c1-12(2,3)9-4-5-10-11(8-9)14-7-6-13-10;1-12(2,3)10-4-5-11-9(8-10)6-7-13-11;2*1-11(2,3)9-4-5-10-8(6-9)7-12-13-10;2*1-11(2,3)9-5-4-8-7-12-13-10(8)6-9;1-11(2,3)8-4-5-9-10(6-8)13-7-12-9;1-10(2,3)8-7-13-6-4-5-11-9(13)12-8;1-10(2,3)9-12-7-5-4-6-11-8(7)13-9;1-9(2,3)7-4-6-5-10-11-8(6)12-7/h4-8H,1-3H3;4-8,13H,1-3H3;4-6H,7H2,1-3H3;4-7H,1-3H3,(H,12,13);3*4-7H,1-3H3;4-7,9,12H,1-3H3;4-6H,1-3H3,(H,11,12,13);4-5H,1-3H3,(H,10,11). The van der Waals surface area contributed by atoms with E-state index in [9.17, 15) is 0 Å². The summed E-state index contributed by atoms with van der Waals surface area (Å²) in [7, 11) is 0. The minimum Gasteiger partial charge on any atom is -0.361 e. The number of hydrogen-bond donors (Lipinski definition) is 5. The molecule has 0 saturated heterocycles. The van der Waals surface area contributed by atoms with Gasteiger partial charge in [0.25, 0.3) is 0 Å². The summed E-state index contributed by atoms with van der Waals surface area (Å²) in [5.41, 5.74) is 24.9. The SMILES string of the molecule is CC(C)(C)C1=CN2C=CC=NC2N1.CC(C)(C)c1cc2cn[nH]c2s1.CC(C)(C)c1ccc2[nH]ccc2c1.CC(C)(C)c1ccc2[nH]ncc2c1.CC(C)(C)c1ccc2c(c1)CN=N2.CC(C)(C)c1ccc2cnoc2c1.CC(C)(C)c1ccc2cnsc2c1.CC(C)(C)c1ccc2nccnc2c1.CC(C)(C)c1ccc2ncsc2c1.CC(C)(C)c1nc2ncccc2[nH]1. The Labute approximate surface area is 781 Å². The lowest BCUT2D eigenvalue weighted by atomic mass is 9.86. The third-order valence-electron chi connectivity index (χ3n) is 22.1. The average molecular weight is 1800 g/mol. The largest absolute Gasteiger partial charge is 0.361 e. The number of nitrogens with one attached hydrogen (secondary N) is 5. The minimum atomic E-state index is 0.0562. The number of H-pyrrole nitrogens is 4. The molecule has 0 aliphatic carbocycles. The third kappa shape index (κ3) is 27.2. The number of nitrogens with zero attached hydrogens (tertiary/aromatic N) is 13. The number of aliphatic imine (C=N–C) groups is 1. The highest BCUT2D eigenvalue weighted by Crippen LogP contribution is 2.38. The van der Waals surface area contributed by atoms with Crippen molar-refractivity contribution in [2.45, 2.75) is 269 Å². The molecule has 17 aromatic rings. The molecule has 3 aliphatic heterocycles. The highest BCUT2D eigenvalue weighted by atomic mass is 32.1. The van der Waals surface area contributed by atoms with Crippen molar-refractivity contribution in [3.05, 3.63) is 286 Å². The van der Waals surface area contributed by atoms with Gasteiger partial charge in [-0.05, 0) is 202 Å². The second-order valence-corrected chi connectivity index (χ2v) is 46.3. The van der Waals surface area contributed by atoms with Crippen LogP contribution in [0.25, 0.3) is 85.5 Å². The van der Waals surface area contributed by atoms with Crippen LogP contribution in [0.2, 0.25) is 0 Å². The van der Waals surface area contributed by atoms with E-state index in [4.69, 9.17) is 4.52 Å². The van der Waals surface area contributed by atoms with E-state index >= 15 is 0 Å². The molecule has 7 aromatic carbocycles. The number of aromatic amines is 4. The molecule has 0 saturated carbocycles. The molecule has 0 bridgehead atoms. The Bertz CT molecular complexity index is 6150. The topological polar surface area (TPSA) is 245 Å². The molecule has 13 heterocycles. The van der Waals surface area contributed by atoms with E-state index in [1.807, 2.05) is 73.1 Å². The average Bonchev–Trinajstić information content (AvgIpc) is 1.65. The number of hydrogen-bond acceptors (Lipinski definition) is 18. The first-order valence-corrected chi connectivity index (χ1v) is 47.2. The molecule has 682 valence electrons. The molecule has 1 unspecified atom stereocenters. The molecule has 10 aromatic heterocycles. The summed E-state index contributed by atoms with van der Waals surface area (Å²) in [5.74, 6) is 0.987. The van der Waals surface area contributed by atoms with E-state index in [0.717, 1.165) is 62.3 Å². The zero-order chi connectivity index (χ0) is 94.7. The van der Waals surface area contributed by atoms with Crippen molar-refractivity contribution in [3.63, 3.8) is 0 Å². The van der Waals surface area contributed by atoms with E-state index in [0.29, 0.717) is 0 Å². The second kappa shape index (κ2) is 40.3. The lowest BCUT2D eigenvalue weighted by Gasteiger charge is -2.22. The summed E-state index contributed by atoms with van der Waals surface area (Å²) in [6.45, 7) is 67.0. The van der Waals surface area contributed by atoms with Crippen LogP contribution < -0.4 is 5.32 Å². The number of pyridine rings is 1. The van der Waals surface area contributed by atoms with Gasteiger partial charge in [-0.15, -0.1) is 22.7 Å². The number of thiophene rings is 1. The van der Waals surface area contributed by atoms with Gasteiger partial charge in [0.2, 0.25) is 0 Å². The molecule has 0 fully saturated rings. The highest BCUT2D eigenvalue weighted by Gasteiger charge is 2.30. The Morgan fingerprint density at radius 2 is 0.992 bits per heavy atom. The van der Waals surface area contributed by atoms with Gasteiger partial charge in [0.15, 0.2) is 17.5 Å². The van der Waals surface area contributed by atoms with Crippen LogP contribution in [0.1, 0.15) is 263 Å². The molecule has 3 aliphatic rings. The maximum Gasteiger partial charge on any atom is 0.199 e. The van der Waals surface area contributed by atoms with Crippen molar-refractivity contribution in [2.24, 2.45) is 20.6 Å². The molecule has 0 radical (unpaired) electrons. The van der Waals surface area contributed by atoms with Crippen molar-refractivity contribution >= 4 is 132 Å². The fourth-order valence-corrected chi connectivity index (χ4v) is 15.9. The fraction of sp³-hybridized carbons (Fsp3) is 0.389. The molecule has 130 heavy (non-hydrogen) atoms. The van der Waals surface area contributed by atoms with Gasteiger partial charge in [0.05, 0.1) is 73.3 Å². The number of rotatable bonds is 0. The lowest BCUT2D eigenvalue weighted by Crippen LogP contribution is -2.34. The van der Waals surface area contributed by atoms with Gasteiger partial charge in [-0.1, -0.05) is 267 Å². The normalized spacial score (nSPS) is 13.8. The van der Waals surface area contributed by atoms with Gasteiger partial charge >= 0.3 is 0 Å². The van der Waals surface area contributed by atoms with E-state index in [-0.39, 0.29) is 60.4 Å². The van der Waals surface area contributed by atoms with E-state index in [1.165, 1.54) is 96.4 Å². The van der Waals surface area contributed by atoms with Crippen LogP contribution in [0.15, 0.2) is 251 Å². The Morgan fingerprint density at radius 1 is 0.431 bits per heavy atom. The second-order valence-electron chi connectivity index (χ2n) is 43.5. The van der Waals surface area contributed by atoms with Gasteiger partial charge in [-0.25, -0.2) is 19.9 Å². The number of imidazole rings is 1. The van der Waals surface area contributed by atoms with Gasteiger partial charge in [0, 0.05) is 104 Å². The molecule has 19 nitrogen and oxygen atoms in total. The summed E-state index contributed by atoms with van der Waals surface area (Å²) in [6, 6.07) is 53.3. The molecular formula is C108H136N18OS3. The summed E-state index contributed by atoms with van der Waals surface area (Å²) in [5, 5.41) is 35.1. The summed E-state index contributed by atoms with van der Waals surface area (Å²) >= 11 is 5.07. The molecule has 1 atom stereocenters. The third-order valence-corrected chi connectivity index (χ3v) is 25.2. The molecule has 22 heteroatoms. The van der Waals surface area contributed by atoms with Crippen LogP contribution in [0.4, 0.5) is 5.69 Å². The Morgan fingerprint density at radius 3 is 1.62 bits per heavy atom. The molecule has 5 N–H and O–H groups in total. The van der Waals surface area contributed by atoms with Crippen LogP contribution in [-0.2, 0) is 55.3 Å². The van der Waals surface area contributed by atoms with Crippen LogP contribution in [-0.4, -0.2) is 82.2 Å². The number of aromatic nitrogens is 13. The first kappa shape index (κ1) is 98.9. The smallest absolute Gasteiger partial charge is 0.199 e. The highest BCUT2D eigenvalue weighted by molar-refractivity contribution is 7.18. The van der Waals surface area contributed by atoms with Gasteiger partial charge < -0.3 is 24.7 Å². The maximum atomic E-state index is 5.10. The molecular weight excluding hydrogens is 1660 g/mol. The summed E-state index contributed by atoms with van der Waals surface area (Å²) in [6.07, 6.45) is 22.6. The predicted octanol–water partition coefficient (Wildman–Crippen LogP) is 30.0. The first-order chi connectivity index (χ1) is 60.7. The molecule has 0 spiro atoms. The molecule has 0 amide bonds. The fourth-order valence-electron chi connectivity index (χ4n) is 13.5. The van der Waals surface area contributed by atoms with Crippen LogP contribution >= 0.6 is 34.2 Å². The Kier molecular flexibility index (Phi) is 30.7. The van der Waals surface area contributed by atoms with Crippen LogP contribution in [0.5, 0.6) is 0 Å². The van der Waals surface area contributed by atoms with E-state index in [2.05, 4.69) is 432 Å². The summed E-state index contributed by atoms with van der Waals surface area (Å²) in [4.78, 5) is 36.8. The predicted molar refractivity (Wildman–Crippen MR) is 552 cm³/mol. The van der Waals surface area contributed by atoms with E-state index < -0.39 is 0 Å². The lowest BCUT2D eigenvalue weighted by molar-refractivity contribution is 0.360. The van der Waals surface area contributed by atoms with Gasteiger partial charge in [-0.3, -0.25) is 20.2 Å². The summed E-state index contributed by atoms with van der Waals surface area (Å²) < 4.78 is 11.8. The quantitative estimate of drug-likeness (QED) is 0.0952. The minimum absolute atomic E-state index is 0.0562. The Hall–Kier alpha value is -11.7. The van der Waals surface area contributed by atoms with Crippen molar-refractivity contribution < 1.29 is 4.52 Å². The number of fused-ring (bicyclic) bond motifs is 10. The van der Waals surface area contributed by atoms with Crippen molar-refractivity contribution in [2.75, 3.05) is 0 Å².